The van der Waals surface area contributed by atoms with Gasteiger partial charge in [0.1, 0.15) is 5.69 Å². The van der Waals surface area contributed by atoms with E-state index in [1.165, 1.54) is 0 Å². The molecule has 0 radical (unpaired) electrons. The van der Waals surface area contributed by atoms with E-state index in [1.54, 1.807) is 17.0 Å². The molecule has 0 spiro atoms. The maximum Gasteiger partial charge on any atom is 0.272 e. The van der Waals surface area contributed by atoms with Gasteiger partial charge in [0.2, 0.25) is 5.95 Å². The van der Waals surface area contributed by atoms with Crippen LogP contribution in [0.2, 0.25) is 0 Å². The molecule has 0 aliphatic heterocycles. The predicted molar refractivity (Wildman–Crippen MR) is 115 cm³/mol. The number of nitrogens with zero attached hydrogens (tertiary/aromatic N) is 3. The molecule has 29 heavy (non-hydrogen) atoms. The van der Waals surface area contributed by atoms with Gasteiger partial charge in [-0.15, -0.1) is 0 Å². The van der Waals surface area contributed by atoms with E-state index in [-0.39, 0.29) is 5.91 Å². The molecule has 1 amide bonds. The number of carbonyl (C=O) groups excluding carboxylic acids is 1. The van der Waals surface area contributed by atoms with Crippen molar-refractivity contribution >= 4 is 23.2 Å². The van der Waals surface area contributed by atoms with Crippen molar-refractivity contribution in [2.75, 3.05) is 10.6 Å². The number of carbonyl (C=O) groups is 1. The largest absolute Gasteiger partial charge is 0.346 e. The number of para-hydroxylation sites is 2. The molecule has 2 aromatic carbocycles. The molecule has 0 unspecified atom stereocenters. The molecule has 4 rings (SSSR count). The first-order valence-corrected chi connectivity index (χ1v) is 9.28. The summed E-state index contributed by atoms with van der Waals surface area (Å²) in [6.45, 7) is 1.97. The van der Waals surface area contributed by atoms with Crippen LogP contribution >= 0.6 is 0 Å². The number of aromatic nitrogens is 3. The Morgan fingerprint density at radius 3 is 2.34 bits per heavy atom. The second-order valence-corrected chi connectivity index (χ2v) is 6.78. The Labute approximate surface area is 169 Å². The van der Waals surface area contributed by atoms with Crippen molar-refractivity contribution < 1.29 is 4.79 Å². The summed E-state index contributed by atoms with van der Waals surface area (Å²) >= 11 is 0. The lowest BCUT2D eigenvalue weighted by molar-refractivity contribution is 0.101. The fourth-order valence-electron chi connectivity index (χ4n) is 3.04. The van der Waals surface area contributed by atoms with Crippen molar-refractivity contribution in [3.8, 4) is 11.1 Å². The molecule has 6 heteroatoms. The molecule has 2 aromatic heterocycles. The molecule has 0 aliphatic rings. The zero-order valence-corrected chi connectivity index (χ0v) is 16.3. The van der Waals surface area contributed by atoms with Gasteiger partial charge in [0.15, 0.2) is 0 Å². The highest BCUT2D eigenvalue weighted by Gasteiger charge is 2.14. The van der Waals surface area contributed by atoms with Crippen molar-refractivity contribution in [3.63, 3.8) is 0 Å². The molecule has 6 nitrogen and oxygen atoms in total. The Morgan fingerprint density at radius 1 is 0.931 bits per heavy atom. The maximum atomic E-state index is 12.7. The Bertz CT molecular complexity index is 1130. The third-order valence-electron chi connectivity index (χ3n) is 4.65. The van der Waals surface area contributed by atoms with Gasteiger partial charge in [-0.3, -0.25) is 4.79 Å². The summed E-state index contributed by atoms with van der Waals surface area (Å²) in [6.07, 6.45) is 5.39. The third-order valence-corrected chi connectivity index (χ3v) is 4.65. The normalized spacial score (nSPS) is 10.6. The summed E-state index contributed by atoms with van der Waals surface area (Å²) in [6, 6.07) is 19.3. The lowest BCUT2D eigenvalue weighted by Crippen LogP contribution is -2.15. The van der Waals surface area contributed by atoms with Gasteiger partial charge in [0.25, 0.3) is 5.91 Å². The van der Waals surface area contributed by atoms with Crippen LogP contribution in [-0.2, 0) is 7.05 Å². The molecule has 0 fully saturated rings. The van der Waals surface area contributed by atoms with Crippen LogP contribution < -0.4 is 10.6 Å². The number of aryl methyl sites for hydroxylation is 2. The Kier molecular flexibility index (Phi) is 5.07. The second-order valence-electron chi connectivity index (χ2n) is 6.78. The minimum absolute atomic E-state index is 0.156. The van der Waals surface area contributed by atoms with Crippen molar-refractivity contribution in [1.29, 1.82) is 0 Å². The summed E-state index contributed by atoms with van der Waals surface area (Å²) in [5, 5.41) is 6.13. The van der Waals surface area contributed by atoms with E-state index in [1.807, 2.05) is 80.8 Å². The molecule has 0 bridgehead atoms. The zero-order chi connectivity index (χ0) is 20.2. The van der Waals surface area contributed by atoms with Gasteiger partial charge in [-0.1, -0.05) is 36.4 Å². The number of anilines is 3. The number of rotatable bonds is 5. The summed E-state index contributed by atoms with van der Waals surface area (Å²) in [5.41, 5.74) is 5.04. The number of hydrogen-bond donors (Lipinski definition) is 2. The van der Waals surface area contributed by atoms with E-state index in [4.69, 9.17) is 0 Å². The molecular formula is C23H21N5O. The van der Waals surface area contributed by atoms with Crippen molar-refractivity contribution in [2.45, 2.75) is 6.92 Å². The van der Waals surface area contributed by atoms with Gasteiger partial charge in [0, 0.05) is 48.1 Å². The SMILES string of the molecule is Cc1ccccc1NC(=O)c1cc(-c2cnc(Nc3ccccc3)nc2)cn1C. The van der Waals surface area contributed by atoms with Crippen molar-refractivity contribution in [1.82, 2.24) is 14.5 Å². The molecule has 0 saturated heterocycles. The van der Waals surface area contributed by atoms with Gasteiger partial charge < -0.3 is 15.2 Å². The summed E-state index contributed by atoms with van der Waals surface area (Å²) in [7, 11) is 1.85. The van der Waals surface area contributed by atoms with Crippen LogP contribution in [0, 0.1) is 6.92 Å². The van der Waals surface area contributed by atoms with Crippen LogP contribution in [-0.4, -0.2) is 20.4 Å². The van der Waals surface area contributed by atoms with Crippen LogP contribution in [0.1, 0.15) is 16.1 Å². The molecule has 144 valence electrons. The number of hydrogen-bond acceptors (Lipinski definition) is 4. The van der Waals surface area contributed by atoms with E-state index in [2.05, 4.69) is 20.6 Å². The summed E-state index contributed by atoms with van der Waals surface area (Å²) < 4.78 is 1.80. The first kappa shape index (κ1) is 18.4. The molecule has 2 N–H and O–H groups in total. The molecule has 4 aromatic rings. The zero-order valence-electron chi connectivity index (χ0n) is 16.3. The topological polar surface area (TPSA) is 71.8 Å². The predicted octanol–water partition coefficient (Wildman–Crippen LogP) is 4.79. The highest BCUT2D eigenvalue weighted by Crippen LogP contribution is 2.23. The molecule has 2 heterocycles. The molecular weight excluding hydrogens is 362 g/mol. The van der Waals surface area contributed by atoms with Gasteiger partial charge in [-0.25, -0.2) is 9.97 Å². The summed E-state index contributed by atoms with van der Waals surface area (Å²) in [5.74, 6) is 0.365. The maximum absolute atomic E-state index is 12.7. The molecule has 0 saturated carbocycles. The van der Waals surface area contributed by atoms with Crippen LogP contribution in [0.5, 0.6) is 0 Å². The van der Waals surface area contributed by atoms with Crippen molar-refractivity contribution in [3.05, 3.63) is 90.5 Å². The second kappa shape index (κ2) is 7.98. The van der Waals surface area contributed by atoms with Gasteiger partial charge in [-0.05, 0) is 36.8 Å². The first-order chi connectivity index (χ1) is 14.1. The fraction of sp³-hybridized carbons (Fsp3) is 0.0870. The highest BCUT2D eigenvalue weighted by molar-refractivity contribution is 6.04. The van der Waals surface area contributed by atoms with E-state index in [0.29, 0.717) is 11.6 Å². The smallest absolute Gasteiger partial charge is 0.272 e. The number of nitrogens with one attached hydrogen (secondary N) is 2. The van der Waals surface area contributed by atoms with Crippen molar-refractivity contribution in [2.24, 2.45) is 7.05 Å². The quantitative estimate of drug-likeness (QED) is 0.520. The van der Waals surface area contributed by atoms with E-state index in [0.717, 1.165) is 28.1 Å². The molecule has 0 atom stereocenters. The lowest BCUT2D eigenvalue weighted by Gasteiger charge is -2.08. The third kappa shape index (κ3) is 4.16. The lowest BCUT2D eigenvalue weighted by atomic mass is 10.1. The van der Waals surface area contributed by atoms with E-state index in [9.17, 15) is 4.79 Å². The van der Waals surface area contributed by atoms with Gasteiger partial charge in [-0.2, -0.15) is 0 Å². The van der Waals surface area contributed by atoms with Crippen LogP contribution in [0.3, 0.4) is 0 Å². The Morgan fingerprint density at radius 2 is 1.62 bits per heavy atom. The monoisotopic (exact) mass is 383 g/mol. The average Bonchev–Trinajstić information content (AvgIpc) is 3.13. The fourth-order valence-corrected chi connectivity index (χ4v) is 3.04. The Balaban J connectivity index is 1.51. The van der Waals surface area contributed by atoms with E-state index < -0.39 is 0 Å². The Hall–Kier alpha value is -3.93. The van der Waals surface area contributed by atoms with Crippen LogP contribution in [0.25, 0.3) is 11.1 Å². The highest BCUT2D eigenvalue weighted by atomic mass is 16.1. The number of amides is 1. The number of benzene rings is 2. The summed E-state index contributed by atoms with van der Waals surface area (Å²) in [4.78, 5) is 21.5. The van der Waals surface area contributed by atoms with Gasteiger partial charge in [0.05, 0.1) is 0 Å². The minimum Gasteiger partial charge on any atom is -0.346 e. The molecule has 0 aliphatic carbocycles. The average molecular weight is 383 g/mol. The minimum atomic E-state index is -0.156. The van der Waals surface area contributed by atoms with Crippen LogP contribution in [0.4, 0.5) is 17.3 Å². The first-order valence-electron chi connectivity index (χ1n) is 9.28. The van der Waals surface area contributed by atoms with E-state index >= 15 is 0 Å². The van der Waals surface area contributed by atoms with Gasteiger partial charge >= 0.3 is 0 Å². The van der Waals surface area contributed by atoms with Crippen LogP contribution in [0.15, 0.2) is 79.3 Å². The standard InChI is InChI=1S/C23H21N5O/c1-16-8-6-7-11-20(16)27-22(29)21-12-17(15-28(21)2)18-13-24-23(25-14-18)26-19-9-4-3-5-10-19/h3-15H,1-2H3,(H,27,29)(H,24,25,26).